The molecule has 4 rings (SSSR count). The highest BCUT2D eigenvalue weighted by Crippen LogP contribution is 2.30. The van der Waals surface area contributed by atoms with E-state index in [1.807, 2.05) is 36.4 Å². The third kappa shape index (κ3) is 4.82. The van der Waals surface area contributed by atoms with Crippen molar-refractivity contribution in [3.8, 4) is 11.5 Å². The van der Waals surface area contributed by atoms with Gasteiger partial charge in [-0.25, -0.2) is 0 Å². The van der Waals surface area contributed by atoms with Crippen molar-refractivity contribution in [3.63, 3.8) is 0 Å². The van der Waals surface area contributed by atoms with E-state index in [1.54, 1.807) is 16.8 Å². The monoisotopic (exact) mass is 345 g/mol. The van der Waals surface area contributed by atoms with Crippen LogP contribution in [0.1, 0.15) is 25.2 Å². The van der Waals surface area contributed by atoms with Gasteiger partial charge in [0.25, 0.3) is 11.4 Å². The smallest absolute Gasteiger partial charge is 0.314 e. The van der Waals surface area contributed by atoms with Gasteiger partial charge in [-0.2, -0.15) is 8.78 Å². The van der Waals surface area contributed by atoms with Crippen molar-refractivity contribution in [1.29, 1.82) is 0 Å². The van der Waals surface area contributed by atoms with Crippen LogP contribution in [0, 0.1) is 5.92 Å². The first-order valence-corrected chi connectivity index (χ1v) is 7.96. The lowest BCUT2D eigenvalue weighted by Gasteiger charge is -2.03. The van der Waals surface area contributed by atoms with Gasteiger partial charge in [0.05, 0.1) is 0 Å². The van der Waals surface area contributed by atoms with E-state index in [9.17, 15) is 13.6 Å². The fourth-order valence-electron chi connectivity index (χ4n) is 2.19. The molecule has 1 aliphatic rings. The van der Waals surface area contributed by atoms with E-state index in [1.165, 1.54) is 6.07 Å². The first kappa shape index (κ1) is 17.0. The van der Waals surface area contributed by atoms with Gasteiger partial charge < -0.3 is 8.98 Å². The summed E-state index contributed by atoms with van der Waals surface area (Å²) in [5.41, 5.74) is 0.164. The maximum atomic E-state index is 12.3. The summed E-state index contributed by atoms with van der Waals surface area (Å²) in [6.07, 6.45) is 1.12. The van der Waals surface area contributed by atoms with Gasteiger partial charge in [-0.05, 0) is 24.8 Å². The molecule has 130 valence electrons. The lowest BCUT2D eigenvalue weighted by atomic mass is 10.2. The molecular weight excluding hydrogens is 328 g/mol. The van der Waals surface area contributed by atoms with E-state index in [0.717, 1.165) is 12.8 Å². The zero-order chi connectivity index (χ0) is 17.6. The molecule has 2 heterocycles. The summed E-state index contributed by atoms with van der Waals surface area (Å²) in [5.74, 6) is -0.222. The van der Waals surface area contributed by atoms with Crippen LogP contribution in [-0.2, 0) is 6.54 Å². The van der Waals surface area contributed by atoms with Crippen molar-refractivity contribution < 1.29 is 13.2 Å². The molecule has 1 aliphatic carbocycles. The number of hydrogen-bond donors (Lipinski definition) is 0. The molecule has 1 aromatic carbocycles. The number of hydrogen-bond acceptors (Lipinski definition) is 4. The molecule has 3 aromatic rings. The van der Waals surface area contributed by atoms with Gasteiger partial charge in [0.15, 0.2) is 0 Å². The average Bonchev–Trinajstić information content (AvgIpc) is 3.30. The second-order valence-corrected chi connectivity index (χ2v) is 5.75. The van der Waals surface area contributed by atoms with Gasteiger partial charge in [0, 0.05) is 24.4 Å². The van der Waals surface area contributed by atoms with Gasteiger partial charge in [-0.1, -0.05) is 36.4 Å². The van der Waals surface area contributed by atoms with Gasteiger partial charge in [0.1, 0.15) is 0 Å². The number of nitrogens with zero attached hydrogens (tertiary/aromatic N) is 3. The van der Waals surface area contributed by atoms with Crippen LogP contribution in [0.4, 0.5) is 8.78 Å². The van der Waals surface area contributed by atoms with E-state index in [2.05, 4.69) is 10.2 Å². The lowest BCUT2D eigenvalue weighted by Crippen LogP contribution is -2.19. The molecule has 0 bridgehead atoms. The summed E-state index contributed by atoms with van der Waals surface area (Å²) < 4.78 is 31.1. The van der Waals surface area contributed by atoms with Gasteiger partial charge in [-0.15, -0.1) is 10.2 Å². The highest BCUT2D eigenvalue weighted by atomic mass is 19.3. The predicted molar refractivity (Wildman–Crippen MR) is 88.1 cm³/mol. The van der Waals surface area contributed by atoms with Crippen molar-refractivity contribution in [3.05, 3.63) is 71.0 Å². The maximum absolute atomic E-state index is 12.3. The van der Waals surface area contributed by atoms with Crippen molar-refractivity contribution in [1.82, 2.24) is 14.8 Å². The molecule has 0 amide bonds. The topological polar surface area (TPSA) is 60.9 Å². The Balaban J connectivity index is 0.000000258. The standard InChI is InChI=1S/C12H11F2N3O2.C6H6/c13-10(14)12-16-15-11(19-12)8-3-4-17(9(18)5-8)6-7-1-2-7;1-2-4-6-5-3-1/h3-5,7,10H,1-2,6H2;1-6H. The third-order valence-electron chi connectivity index (χ3n) is 3.69. The van der Waals surface area contributed by atoms with Gasteiger partial charge in [0.2, 0.25) is 5.89 Å². The van der Waals surface area contributed by atoms with Gasteiger partial charge in [-0.3, -0.25) is 4.79 Å². The quantitative estimate of drug-likeness (QED) is 0.719. The summed E-state index contributed by atoms with van der Waals surface area (Å²) in [7, 11) is 0. The van der Waals surface area contributed by atoms with Crippen LogP contribution in [0.3, 0.4) is 0 Å². The molecule has 25 heavy (non-hydrogen) atoms. The van der Waals surface area contributed by atoms with Crippen molar-refractivity contribution >= 4 is 0 Å². The molecular formula is C18H17F2N3O2. The maximum Gasteiger partial charge on any atom is 0.314 e. The summed E-state index contributed by atoms with van der Waals surface area (Å²) in [5, 5.41) is 6.73. The number of rotatable bonds is 4. The molecule has 0 spiro atoms. The number of halogens is 2. The molecule has 0 saturated heterocycles. The van der Waals surface area contributed by atoms with E-state index in [4.69, 9.17) is 4.42 Å². The summed E-state index contributed by atoms with van der Waals surface area (Å²) in [6, 6.07) is 14.9. The normalized spacial score (nSPS) is 13.4. The molecule has 0 N–H and O–H groups in total. The zero-order valence-corrected chi connectivity index (χ0v) is 13.4. The zero-order valence-electron chi connectivity index (χ0n) is 13.4. The molecule has 2 aromatic heterocycles. The Labute approximate surface area is 142 Å². The average molecular weight is 345 g/mol. The van der Waals surface area contributed by atoms with E-state index in [-0.39, 0.29) is 11.4 Å². The molecule has 0 atom stereocenters. The second kappa shape index (κ2) is 7.83. The highest BCUT2D eigenvalue weighted by molar-refractivity contribution is 5.50. The Bertz CT molecular complexity index is 831. The second-order valence-electron chi connectivity index (χ2n) is 5.75. The molecule has 0 unspecified atom stereocenters. The number of alkyl halides is 2. The molecule has 0 aliphatic heterocycles. The number of pyridine rings is 1. The Kier molecular flexibility index (Phi) is 5.33. The van der Waals surface area contributed by atoms with Gasteiger partial charge >= 0.3 is 6.43 Å². The Morgan fingerprint density at radius 2 is 1.76 bits per heavy atom. The molecule has 7 heteroatoms. The SMILES string of the molecule is O=c1cc(-c2nnc(C(F)F)o2)ccn1CC1CC1.c1ccccc1. The Morgan fingerprint density at radius 1 is 1.12 bits per heavy atom. The molecule has 5 nitrogen and oxygen atoms in total. The number of benzene rings is 1. The minimum atomic E-state index is -2.81. The Morgan fingerprint density at radius 3 is 2.24 bits per heavy atom. The van der Waals surface area contributed by atoms with E-state index in [0.29, 0.717) is 18.0 Å². The molecule has 1 saturated carbocycles. The largest absolute Gasteiger partial charge is 0.415 e. The van der Waals surface area contributed by atoms with Crippen LogP contribution in [0.5, 0.6) is 0 Å². The van der Waals surface area contributed by atoms with Crippen LogP contribution >= 0.6 is 0 Å². The van der Waals surface area contributed by atoms with Crippen molar-refractivity contribution in [2.45, 2.75) is 25.8 Å². The van der Waals surface area contributed by atoms with Crippen LogP contribution in [0.25, 0.3) is 11.5 Å². The molecule has 0 radical (unpaired) electrons. The fraction of sp³-hybridized carbons (Fsp3) is 0.278. The lowest BCUT2D eigenvalue weighted by molar-refractivity contribution is 0.116. The minimum absolute atomic E-state index is 0.0639. The first-order valence-electron chi connectivity index (χ1n) is 7.96. The molecule has 1 fully saturated rings. The predicted octanol–water partition coefficient (Wildman–Crippen LogP) is 3.93. The van der Waals surface area contributed by atoms with Crippen LogP contribution in [0.15, 0.2) is 63.9 Å². The van der Waals surface area contributed by atoms with E-state index < -0.39 is 12.3 Å². The van der Waals surface area contributed by atoms with Crippen LogP contribution in [-0.4, -0.2) is 14.8 Å². The van der Waals surface area contributed by atoms with Crippen LogP contribution < -0.4 is 5.56 Å². The third-order valence-corrected chi connectivity index (χ3v) is 3.69. The summed E-state index contributed by atoms with van der Waals surface area (Å²) >= 11 is 0. The van der Waals surface area contributed by atoms with Crippen LogP contribution in [0.2, 0.25) is 0 Å². The number of aromatic nitrogens is 3. The minimum Gasteiger partial charge on any atom is -0.415 e. The highest BCUT2D eigenvalue weighted by Gasteiger charge is 2.22. The summed E-state index contributed by atoms with van der Waals surface area (Å²) in [4.78, 5) is 11.8. The Hall–Kier alpha value is -2.83. The van der Waals surface area contributed by atoms with Crippen molar-refractivity contribution in [2.75, 3.05) is 0 Å². The summed E-state index contributed by atoms with van der Waals surface area (Å²) in [6.45, 7) is 0.700. The first-order chi connectivity index (χ1) is 12.1. The van der Waals surface area contributed by atoms with Crippen molar-refractivity contribution in [2.24, 2.45) is 5.92 Å². The van der Waals surface area contributed by atoms with E-state index >= 15 is 0 Å². The fourth-order valence-corrected chi connectivity index (χ4v) is 2.19.